The highest BCUT2D eigenvalue weighted by Crippen LogP contribution is 2.07. The third-order valence-electron chi connectivity index (χ3n) is 3.59. The molecule has 0 bridgehead atoms. The molecule has 1 heterocycles. The van der Waals surface area contributed by atoms with E-state index >= 15 is 0 Å². The maximum Gasteiger partial charge on any atom is 0.246 e. The second-order valence-corrected chi connectivity index (χ2v) is 5.01. The summed E-state index contributed by atoms with van der Waals surface area (Å²) in [5.41, 5.74) is 2.30. The molecule has 0 aliphatic carbocycles. The van der Waals surface area contributed by atoms with E-state index in [0.29, 0.717) is 0 Å². The summed E-state index contributed by atoms with van der Waals surface area (Å²) in [6.07, 6.45) is 3.60. The summed E-state index contributed by atoms with van der Waals surface area (Å²) in [4.78, 5) is 16.4. The van der Waals surface area contributed by atoms with E-state index in [1.807, 2.05) is 23.1 Å². The molecule has 102 valence electrons. The number of amides is 1. The zero-order chi connectivity index (χ0) is 13.7. The Morgan fingerprint density at radius 3 is 2.63 bits per heavy atom. The second-order valence-electron chi connectivity index (χ2n) is 5.01. The van der Waals surface area contributed by atoms with Crippen molar-refractivity contribution in [2.75, 3.05) is 32.7 Å². The Balaban J connectivity index is 1.91. The Morgan fingerprint density at radius 1 is 1.26 bits per heavy atom. The molecule has 3 nitrogen and oxygen atoms in total. The summed E-state index contributed by atoms with van der Waals surface area (Å²) >= 11 is 0. The summed E-state index contributed by atoms with van der Waals surface area (Å²) in [5.74, 6) is 0.122. The molecule has 1 aromatic rings. The first-order chi connectivity index (χ1) is 9.19. The van der Waals surface area contributed by atoms with Crippen molar-refractivity contribution in [3.63, 3.8) is 0 Å². The zero-order valence-corrected chi connectivity index (χ0v) is 11.8. The third kappa shape index (κ3) is 3.93. The highest BCUT2D eigenvalue weighted by Gasteiger charge is 2.17. The summed E-state index contributed by atoms with van der Waals surface area (Å²) < 4.78 is 0. The second kappa shape index (κ2) is 6.53. The van der Waals surface area contributed by atoms with Gasteiger partial charge in [0.2, 0.25) is 5.91 Å². The van der Waals surface area contributed by atoms with Crippen molar-refractivity contribution < 1.29 is 4.79 Å². The zero-order valence-electron chi connectivity index (χ0n) is 11.8. The highest BCUT2D eigenvalue weighted by atomic mass is 16.2. The third-order valence-corrected chi connectivity index (χ3v) is 3.59. The number of nitrogens with zero attached hydrogens (tertiary/aromatic N) is 2. The maximum atomic E-state index is 12.1. The number of hydrogen-bond acceptors (Lipinski definition) is 2. The number of carbonyl (C=O) groups excluding carboxylic acids is 1. The summed E-state index contributed by atoms with van der Waals surface area (Å²) in [6, 6.07) is 8.17. The van der Waals surface area contributed by atoms with Crippen LogP contribution in [-0.4, -0.2) is 48.4 Å². The fraction of sp³-hybridized carbons (Fsp3) is 0.438. The molecule has 1 aliphatic rings. The summed E-state index contributed by atoms with van der Waals surface area (Å²) in [5, 5.41) is 0. The molecule has 0 aromatic heterocycles. The van der Waals surface area contributed by atoms with E-state index in [-0.39, 0.29) is 5.91 Å². The molecule has 1 aromatic carbocycles. The number of hydrogen-bond donors (Lipinski definition) is 0. The van der Waals surface area contributed by atoms with Crippen molar-refractivity contribution in [2.45, 2.75) is 13.8 Å². The van der Waals surface area contributed by atoms with Crippen LogP contribution >= 0.6 is 0 Å². The van der Waals surface area contributed by atoms with Crippen molar-refractivity contribution in [3.05, 3.63) is 41.5 Å². The minimum Gasteiger partial charge on any atom is -0.337 e. The van der Waals surface area contributed by atoms with Gasteiger partial charge in [0.1, 0.15) is 0 Å². The van der Waals surface area contributed by atoms with Gasteiger partial charge < -0.3 is 9.80 Å². The molecule has 0 N–H and O–H groups in total. The van der Waals surface area contributed by atoms with Crippen molar-refractivity contribution in [1.29, 1.82) is 0 Å². The molecule has 2 rings (SSSR count). The normalized spacial score (nSPS) is 17.1. The number of carbonyl (C=O) groups is 1. The van der Waals surface area contributed by atoms with Gasteiger partial charge in [-0.05, 0) is 25.1 Å². The van der Waals surface area contributed by atoms with Crippen molar-refractivity contribution >= 4 is 12.0 Å². The Kier molecular flexibility index (Phi) is 4.74. The molecule has 0 atom stereocenters. The van der Waals surface area contributed by atoms with Crippen LogP contribution in [0.5, 0.6) is 0 Å². The van der Waals surface area contributed by atoms with Crippen LogP contribution in [0.3, 0.4) is 0 Å². The van der Waals surface area contributed by atoms with Crippen LogP contribution in [0.4, 0.5) is 0 Å². The van der Waals surface area contributed by atoms with Crippen LogP contribution in [0.25, 0.3) is 6.08 Å². The first-order valence-electron chi connectivity index (χ1n) is 6.95. The fourth-order valence-corrected chi connectivity index (χ4v) is 2.33. The van der Waals surface area contributed by atoms with Gasteiger partial charge in [-0.25, -0.2) is 0 Å². The van der Waals surface area contributed by atoms with E-state index in [9.17, 15) is 4.79 Å². The molecular formula is C16H22N2O. The molecule has 19 heavy (non-hydrogen) atoms. The average Bonchev–Trinajstić information content (AvgIpc) is 2.45. The minimum atomic E-state index is 0.122. The first kappa shape index (κ1) is 13.8. The van der Waals surface area contributed by atoms with Gasteiger partial charge in [-0.1, -0.05) is 36.8 Å². The maximum absolute atomic E-state index is 12.1. The van der Waals surface area contributed by atoms with Gasteiger partial charge in [-0.3, -0.25) is 4.79 Å². The molecule has 3 heteroatoms. The van der Waals surface area contributed by atoms with Crippen LogP contribution in [0.2, 0.25) is 0 Å². The predicted molar refractivity (Wildman–Crippen MR) is 78.9 cm³/mol. The van der Waals surface area contributed by atoms with Crippen molar-refractivity contribution in [3.8, 4) is 0 Å². The van der Waals surface area contributed by atoms with Crippen LogP contribution in [0, 0.1) is 6.92 Å². The van der Waals surface area contributed by atoms with Gasteiger partial charge in [0, 0.05) is 32.3 Å². The molecule has 0 spiro atoms. The largest absolute Gasteiger partial charge is 0.337 e. The van der Waals surface area contributed by atoms with Crippen molar-refractivity contribution in [1.82, 2.24) is 9.80 Å². The van der Waals surface area contributed by atoms with E-state index in [1.165, 1.54) is 5.56 Å². The molecule has 0 radical (unpaired) electrons. The van der Waals surface area contributed by atoms with Gasteiger partial charge in [0.05, 0.1) is 0 Å². The summed E-state index contributed by atoms with van der Waals surface area (Å²) in [6.45, 7) is 8.94. The number of aryl methyl sites for hydroxylation is 1. The highest BCUT2D eigenvalue weighted by molar-refractivity contribution is 5.91. The Morgan fingerprint density at radius 2 is 2.00 bits per heavy atom. The first-order valence-corrected chi connectivity index (χ1v) is 6.95. The number of benzene rings is 1. The van der Waals surface area contributed by atoms with Gasteiger partial charge in [0.25, 0.3) is 0 Å². The number of rotatable bonds is 3. The molecule has 0 unspecified atom stereocenters. The molecule has 1 fully saturated rings. The quantitative estimate of drug-likeness (QED) is 0.776. The lowest BCUT2D eigenvalue weighted by Gasteiger charge is -2.33. The van der Waals surface area contributed by atoms with E-state index in [1.54, 1.807) is 6.08 Å². The van der Waals surface area contributed by atoms with Crippen LogP contribution < -0.4 is 0 Å². The van der Waals surface area contributed by atoms with E-state index in [4.69, 9.17) is 0 Å². The smallest absolute Gasteiger partial charge is 0.246 e. The minimum absolute atomic E-state index is 0.122. The Labute approximate surface area is 115 Å². The van der Waals surface area contributed by atoms with Gasteiger partial charge in [-0.2, -0.15) is 0 Å². The van der Waals surface area contributed by atoms with Gasteiger partial charge in [0.15, 0.2) is 0 Å². The lowest BCUT2D eigenvalue weighted by Crippen LogP contribution is -2.48. The standard InChI is InChI=1S/C16H22N2O/c1-3-17-9-11-18(12-10-17)16(19)8-7-15-6-4-5-14(2)13-15/h4-8,13H,3,9-12H2,1-2H3/b8-7+. The number of likely N-dealkylation sites (N-methyl/N-ethyl adjacent to an activating group) is 1. The van der Waals surface area contributed by atoms with Gasteiger partial charge >= 0.3 is 0 Å². The Hall–Kier alpha value is -1.61. The lowest BCUT2D eigenvalue weighted by atomic mass is 10.1. The Bertz CT molecular complexity index is 460. The van der Waals surface area contributed by atoms with E-state index < -0.39 is 0 Å². The molecule has 0 saturated carbocycles. The molecule has 1 aliphatic heterocycles. The molecule has 1 saturated heterocycles. The average molecular weight is 258 g/mol. The predicted octanol–water partition coefficient (Wildman–Crippen LogP) is 2.17. The molecular weight excluding hydrogens is 236 g/mol. The van der Waals surface area contributed by atoms with Crippen LogP contribution in [0.15, 0.2) is 30.3 Å². The SMILES string of the molecule is CCN1CCN(C(=O)/C=C/c2cccc(C)c2)CC1. The summed E-state index contributed by atoms with van der Waals surface area (Å²) in [7, 11) is 0. The topological polar surface area (TPSA) is 23.6 Å². The van der Waals surface area contributed by atoms with Crippen LogP contribution in [0.1, 0.15) is 18.1 Å². The van der Waals surface area contributed by atoms with Crippen molar-refractivity contribution in [2.24, 2.45) is 0 Å². The lowest BCUT2D eigenvalue weighted by molar-refractivity contribution is -0.127. The van der Waals surface area contributed by atoms with Crippen LogP contribution in [-0.2, 0) is 4.79 Å². The van der Waals surface area contributed by atoms with E-state index in [0.717, 1.165) is 38.3 Å². The molecule has 1 amide bonds. The number of piperazine rings is 1. The monoisotopic (exact) mass is 258 g/mol. The van der Waals surface area contributed by atoms with E-state index in [2.05, 4.69) is 30.9 Å². The fourth-order valence-electron chi connectivity index (χ4n) is 2.33. The van der Waals surface area contributed by atoms with Gasteiger partial charge in [-0.15, -0.1) is 0 Å².